The number of pyridine rings is 1. The number of alkyl halides is 1. The van der Waals surface area contributed by atoms with Crippen molar-refractivity contribution in [1.29, 1.82) is 0 Å². The van der Waals surface area contributed by atoms with Crippen molar-refractivity contribution in [3.05, 3.63) is 89.6 Å². The van der Waals surface area contributed by atoms with Gasteiger partial charge in [-0.2, -0.15) is 0 Å². The number of ether oxygens (including phenoxy) is 2. The maximum absolute atomic E-state index is 13.9. The van der Waals surface area contributed by atoms with Crippen LogP contribution in [0.3, 0.4) is 0 Å². The second-order valence-corrected chi connectivity index (χ2v) is 12.9. The number of carbonyl (C=O) groups is 1. The fourth-order valence-corrected chi connectivity index (χ4v) is 6.64. The maximum atomic E-state index is 13.9. The van der Waals surface area contributed by atoms with Gasteiger partial charge in [0.15, 0.2) is 0 Å². The summed E-state index contributed by atoms with van der Waals surface area (Å²) in [6.45, 7) is 4.03. The largest absolute Gasteiger partial charge is 0.496 e. The summed E-state index contributed by atoms with van der Waals surface area (Å²) in [5.41, 5.74) is 5.73. The quantitative estimate of drug-likeness (QED) is 0.139. The SMILES string of the molecule is CCc1cc(Nc2nccc(-c3c(-c4ccc(OC)c(C(=O)N/C(CF)=C(/C)F)c4)nc4ccccn34)n2)c(OC)cc1N1CCC(N(C)C)CC1. The van der Waals surface area contributed by atoms with E-state index in [4.69, 9.17) is 19.4 Å². The molecular formula is C39H44F2N8O3. The van der Waals surface area contributed by atoms with Gasteiger partial charge in [-0.05, 0) is 88.3 Å². The average molecular weight is 711 g/mol. The first-order valence-electron chi connectivity index (χ1n) is 17.3. The molecule has 2 aromatic carbocycles. The van der Waals surface area contributed by atoms with Crippen molar-refractivity contribution < 1.29 is 23.0 Å². The molecule has 1 fully saturated rings. The number of aryl methyl sites for hydroxylation is 1. The Hall–Kier alpha value is -5.56. The van der Waals surface area contributed by atoms with Gasteiger partial charge in [0.2, 0.25) is 5.95 Å². The zero-order chi connectivity index (χ0) is 36.9. The highest BCUT2D eigenvalue weighted by Gasteiger charge is 2.25. The predicted molar refractivity (Wildman–Crippen MR) is 200 cm³/mol. The highest BCUT2D eigenvalue weighted by atomic mass is 19.1. The Balaban J connectivity index is 1.37. The van der Waals surface area contributed by atoms with Gasteiger partial charge in [-0.1, -0.05) is 13.0 Å². The Labute approximate surface area is 302 Å². The molecule has 1 amide bonds. The van der Waals surface area contributed by atoms with Gasteiger partial charge in [0.05, 0.1) is 48.2 Å². The third-order valence-corrected chi connectivity index (χ3v) is 9.52. The number of carbonyl (C=O) groups excluding carboxylic acids is 1. The summed E-state index contributed by atoms with van der Waals surface area (Å²) in [4.78, 5) is 32.4. The van der Waals surface area contributed by atoms with Gasteiger partial charge in [-0.25, -0.2) is 23.7 Å². The summed E-state index contributed by atoms with van der Waals surface area (Å²) < 4.78 is 40.6. The monoisotopic (exact) mass is 710 g/mol. The summed E-state index contributed by atoms with van der Waals surface area (Å²) in [6.07, 6.45) is 6.60. The zero-order valence-electron chi connectivity index (χ0n) is 30.3. The van der Waals surface area contributed by atoms with Crippen LogP contribution in [0.1, 0.15) is 42.6 Å². The molecule has 0 bridgehead atoms. The van der Waals surface area contributed by atoms with Crippen LogP contribution >= 0.6 is 0 Å². The molecule has 0 spiro atoms. The van der Waals surface area contributed by atoms with Crippen molar-refractivity contribution >= 4 is 28.9 Å². The summed E-state index contributed by atoms with van der Waals surface area (Å²) >= 11 is 0. The number of nitrogens with one attached hydrogen (secondary N) is 2. The first-order valence-corrected chi connectivity index (χ1v) is 17.3. The van der Waals surface area contributed by atoms with Crippen molar-refractivity contribution in [2.24, 2.45) is 0 Å². The van der Waals surface area contributed by atoms with Crippen LogP contribution in [0.5, 0.6) is 11.5 Å². The van der Waals surface area contributed by atoms with Crippen LogP contribution in [0.15, 0.2) is 78.5 Å². The molecule has 4 heterocycles. The maximum Gasteiger partial charge on any atom is 0.259 e. The van der Waals surface area contributed by atoms with Crippen molar-refractivity contribution in [1.82, 2.24) is 29.6 Å². The molecule has 1 saturated heterocycles. The van der Waals surface area contributed by atoms with Crippen LogP contribution < -0.4 is 25.0 Å². The van der Waals surface area contributed by atoms with Gasteiger partial charge < -0.3 is 29.9 Å². The number of imidazole rings is 1. The fraction of sp³-hybridized carbons (Fsp3) is 0.333. The van der Waals surface area contributed by atoms with Crippen LogP contribution in [-0.4, -0.2) is 84.3 Å². The summed E-state index contributed by atoms with van der Waals surface area (Å²) in [5.74, 6) is -0.257. The molecule has 3 aromatic heterocycles. The van der Waals surface area contributed by atoms with E-state index in [2.05, 4.69) is 58.6 Å². The number of anilines is 3. The predicted octanol–water partition coefficient (Wildman–Crippen LogP) is 7.21. The number of aromatic nitrogens is 4. The number of hydrogen-bond acceptors (Lipinski definition) is 9. The summed E-state index contributed by atoms with van der Waals surface area (Å²) in [6, 6.07) is 17.2. The molecule has 2 N–H and O–H groups in total. The highest BCUT2D eigenvalue weighted by Crippen LogP contribution is 2.38. The molecule has 1 aliphatic rings. The molecule has 0 unspecified atom stereocenters. The van der Waals surface area contributed by atoms with E-state index >= 15 is 0 Å². The number of nitrogens with zero attached hydrogens (tertiary/aromatic N) is 6. The minimum absolute atomic E-state index is 0.0876. The lowest BCUT2D eigenvalue weighted by Gasteiger charge is -2.37. The number of allylic oxidation sites excluding steroid dienone is 2. The Morgan fingerprint density at radius 3 is 2.46 bits per heavy atom. The molecule has 52 heavy (non-hydrogen) atoms. The molecule has 272 valence electrons. The molecule has 0 atom stereocenters. The molecule has 0 saturated carbocycles. The average Bonchev–Trinajstić information content (AvgIpc) is 3.56. The molecule has 1 aliphatic heterocycles. The lowest BCUT2D eigenvalue weighted by molar-refractivity contribution is 0.0958. The van der Waals surface area contributed by atoms with Crippen molar-refractivity contribution in [3.8, 4) is 34.1 Å². The minimum Gasteiger partial charge on any atom is -0.496 e. The molecule has 6 rings (SSSR count). The normalized spacial score (nSPS) is 14.1. The number of piperidine rings is 1. The molecular weight excluding hydrogens is 666 g/mol. The number of rotatable bonds is 12. The van der Waals surface area contributed by atoms with E-state index in [1.807, 2.05) is 28.8 Å². The Morgan fingerprint density at radius 2 is 1.79 bits per heavy atom. The van der Waals surface area contributed by atoms with Gasteiger partial charge in [-0.15, -0.1) is 0 Å². The van der Waals surface area contributed by atoms with Gasteiger partial charge in [0.1, 0.15) is 29.6 Å². The van der Waals surface area contributed by atoms with E-state index in [1.165, 1.54) is 18.4 Å². The summed E-state index contributed by atoms with van der Waals surface area (Å²) in [5, 5.41) is 5.72. The second kappa shape index (κ2) is 15.8. The minimum atomic E-state index is -1.16. The molecule has 0 aliphatic carbocycles. The highest BCUT2D eigenvalue weighted by molar-refractivity contribution is 5.99. The van der Waals surface area contributed by atoms with Gasteiger partial charge in [0.25, 0.3) is 5.91 Å². The number of hydrogen-bond donors (Lipinski definition) is 2. The number of fused-ring (bicyclic) bond motifs is 1. The van der Waals surface area contributed by atoms with E-state index in [9.17, 15) is 13.6 Å². The Bertz CT molecular complexity index is 2100. The number of halogens is 2. The second-order valence-electron chi connectivity index (χ2n) is 12.9. The van der Waals surface area contributed by atoms with Gasteiger partial charge >= 0.3 is 0 Å². The standard InChI is InChI=1S/C39H44F2N8O3/c1-7-25-21-30(34(52-6)22-32(25)48-18-14-27(15-19-48)47(3)4)45-39-42-16-13-29(44-39)37-36(46-35-10-8-9-17-49(35)37)26-11-12-33(51-5)28(20-26)38(50)43-31(23-40)24(2)41/h8-13,16-17,20-22,27H,7,14-15,18-19,23H2,1-6H3,(H,43,50)(H,42,44,45)/b31-24-. The molecule has 13 heteroatoms. The zero-order valence-corrected chi connectivity index (χ0v) is 30.3. The Morgan fingerprint density at radius 1 is 1.02 bits per heavy atom. The van der Waals surface area contributed by atoms with Gasteiger partial charge in [0, 0.05) is 48.8 Å². The van der Waals surface area contributed by atoms with E-state index < -0.39 is 24.1 Å². The lowest BCUT2D eigenvalue weighted by Crippen LogP contribution is -2.42. The van der Waals surface area contributed by atoms with Crippen LogP contribution in [0.4, 0.5) is 26.1 Å². The topological polar surface area (TPSA) is 109 Å². The first-order chi connectivity index (χ1) is 25.1. The molecule has 11 nitrogen and oxygen atoms in total. The van der Waals surface area contributed by atoms with Crippen LogP contribution in [-0.2, 0) is 6.42 Å². The fourth-order valence-electron chi connectivity index (χ4n) is 6.64. The van der Waals surface area contributed by atoms with Gasteiger partial charge in [-0.3, -0.25) is 9.20 Å². The Kier molecular flexibility index (Phi) is 11.0. The van der Waals surface area contributed by atoms with Crippen molar-refractivity contribution in [3.63, 3.8) is 0 Å². The van der Waals surface area contributed by atoms with Crippen LogP contribution in [0, 0.1) is 0 Å². The molecule has 0 radical (unpaired) electrons. The van der Waals surface area contributed by atoms with E-state index in [0.717, 1.165) is 45.0 Å². The van der Waals surface area contributed by atoms with E-state index in [0.29, 0.717) is 46.0 Å². The number of methoxy groups -OCH3 is 2. The first kappa shape index (κ1) is 36.2. The van der Waals surface area contributed by atoms with Crippen molar-refractivity contribution in [2.45, 2.75) is 39.2 Å². The molecule has 5 aromatic rings. The number of amides is 1. The van der Waals surface area contributed by atoms with Crippen LogP contribution in [0.2, 0.25) is 0 Å². The third kappa shape index (κ3) is 7.40. The van der Waals surface area contributed by atoms with E-state index in [1.54, 1.807) is 37.6 Å². The summed E-state index contributed by atoms with van der Waals surface area (Å²) in [7, 11) is 7.37. The lowest BCUT2D eigenvalue weighted by atomic mass is 10.0. The van der Waals surface area contributed by atoms with Crippen LogP contribution in [0.25, 0.3) is 28.3 Å². The smallest absolute Gasteiger partial charge is 0.259 e. The van der Waals surface area contributed by atoms with E-state index in [-0.39, 0.29) is 11.3 Å². The van der Waals surface area contributed by atoms with Crippen molar-refractivity contribution in [2.75, 3.05) is 58.3 Å². The third-order valence-electron chi connectivity index (χ3n) is 9.52. The number of benzene rings is 2.